The summed E-state index contributed by atoms with van der Waals surface area (Å²) < 4.78 is 35.5. The molecule has 0 aliphatic rings. The molecule has 0 spiro atoms. The highest BCUT2D eigenvalue weighted by Crippen LogP contribution is 2.17. The Balaban J connectivity index is 1.95. The maximum Gasteiger partial charge on any atom is 0.238 e. The van der Waals surface area contributed by atoms with Gasteiger partial charge in [-0.2, -0.15) is 0 Å². The molecule has 2 aromatic carbocycles. The van der Waals surface area contributed by atoms with E-state index in [1.165, 1.54) is 24.3 Å². The summed E-state index contributed by atoms with van der Waals surface area (Å²) in [5.74, 6) is -0.654. The van der Waals surface area contributed by atoms with Crippen LogP contribution in [0.3, 0.4) is 0 Å². The zero-order chi connectivity index (χ0) is 17.0. The SMILES string of the molecule is Cc1ccc(F)cc1NC(=O)CCc1ccc(S(N)(=O)=O)cc1. The average Bonchev–Trinajstić information content (AvgIpc) is 2.48. The van der Waals surface area contributed by atoms with Gasteiger partial charge in [-0.3, -0.25) is 4.79 Å². The number of amides is 1. The van der Waals surface area contributed by atoms with Gasteiger partial charge in [-0.1, -0.05) is 18.2 Å². The van der Waals surface area contributed by atoms with E-state index in [0.717, 1.165) is 11.1 Å². The molecule has 0 aliphatic carbocycles. The molecule has 0 saturated heterocycles. The van der Waals surface area contributed by atoms with Crippen molar-refractivity contribution >= 4 is 21.6 Å². The van der Waals surface area contributed by atoms with E-state index in [1.807, 2.05) is 0 Å². The van der Waals surface area contributed by atoms with Crippen LogP contribution in [-0.4, -0.2) is 14.3 Å². The van der Waals surface area contributed by atoms with Gasteiger partial charge in [0.25, 0.3) is 0 Å². The van der Waals surface area contributed by atoms with Crippen LogP contribution in [0.25, 0.3) is 0 Å². The van der Waals surface area contributed by atoms with Gasteiger partial charge in [-0.15, -0.1) is 0 Å². The molecule has 2 aromatic rings. The van der Waals surface area contributed by atoms with Crippen molar-refractivity contribution < 1.29 is 17.6 Å². The number of halogens is 1. The van der Waals surface area contributed by atoms with Gasteiger partial charge < -0.3 is 5.32 Å². The fourth-order valence-electron chi connectivity index (χ4n) is 2.05. The van der Waals surface area contributed by atoms with Crippen LogP contribution >= 0.6 is 0 Å². The van der Waals surface area contributed by atoms with Crippen molar-refractivity contribution in [2.45, 2.75) is 24.7 Å². The molecule has 5 nitrogen and oxygen atoms in total. The van der Waals surface area contributed by atoms with E-state index < -0.39 is 15.8 Å². The van der Waals surface area contributed by atoms with Crippen LogP contribution in [0.5, 0.6) is 0 Å². The highest BCUT2D eigenvalue weighted by atomic mass is 32.2. The van der Waals surface area contributed by atoms with E-state index in [0.29, 0.717) is 12.1 Å². The summed E-state index contributed by atoms with van der Waals surface area (Å²) >= 11 is 0. The largest absolute Gasteiger partial charge is 0.326 e. The van der Waals surface area contributed by atoms with Gasteiger partial charge in [0.2, 0.25) is 15.9 Å². The predicted molar refractivity (Wildman–Crippen MR) is 85.9 cm³/mol. The van der Waals surface area contributed by atoms with E-state index in [2.05, 4.69) is 5.32 Å². The highest BCUT2D eigenvalue weighted by Gasteiger charge is 2.09. The van der Waals surface area contributed by atoms with E-state index >= 15 is 0 Å². The van der Waals surface area contributed by atoms with Crippen molar-refractivity contribution in [1.82, 2.24) is 0 Å². The quantitative estimate of drug-likeness (QED) is 0.878. The maximum atomic E-state index is 13.2. The molecule has 122 valence electrons. The molecule has 23 heavy (non-hydrogen) atoms. The van der Waals surface area contributed by atoms with Crippen LogP contribution < -0.4 is 10.5 Å². The third kappa shape index (κ3) is 4.87. The first-order valence-corrected chi connectivity index (χ1v) is 8.48. The summed E-state index contributed by atoms with van der Waals surface area (Å²) in [6.07, 6.45) is 0.635. The summed E-state index contributed by atoms with van der Waals surface area (Å²) in [5.41, 5.74) is 2.03. The number of sulfonamides is 1. The number of carbonyl (C=O) groups excluding carboxylic acids is 1. The number of primary sulfonamides is 1. The number of anilines is 1. The Kier molecular flexibility index (Phi) is 5.12. The van der Waals surface area contributed by atoms with E-state index in [1.54, 1.807) is 25.1 Å². The predicted octanol–water partition coefficient (Wildman–Crippen LogP) is 2.35. The van der Waals surface area contributed by atoms with Crippen molar-refractivity contribution in [3.8, 4) is 0 Å². The number of rotatable bonds is 5. The molecule has 0 unspecified atom stereocenters. The van der Waals surface area contributed by atoms with Crippen LogP contribution in [0, 0.1) is 12.7 Å². The monoisotopic (exact) mass is 336 g/mol. The van der Waals surface area contributed by atoms with Gasteiger partial charge in [-0.05, 0) is 48.7 Å². The Morgan fingerprint density at radius 2 is 1.83 bits per heavy atom. The van der Waals surface area contributed by atoms with E-state index in [4.69, 9.17) is 5.14 Å². The van der Waals surface area contributed by atoms with Crippen LogP contribution in [0.4, 0.5) is 10.1 Å². The Bertz CT molecular complexity index is 818. The smallest absolute Gasteiger partial charge is 0.238 e. The lowest BCUT2D eigenvalue weighted by Gasteiger charge is -2.08. The number of carbonyl (C=O) groups is 1. The van der Waals surface area contributed by atoms with Crippen molar-refractivity contribution in [2.24, 2.45) is 5.14 Å². The third-order valence-corrected chi connectivity index (χ3v) is 4.30. The maximum absolute atomic E-state index is 13.2. The molecule has 0 aromatic heterocycles. The fraction of sp³-hybridized carbons (Fsp3) is 0.188. The van der Waals surface area contributed by atoms with Crippen molar-refractivity contribution in [3.63, 3.8) is 0 Å². The second-order valence-electron chi connectivity index (χ2n) is 5.20. The Labute approximate surface area is 134 Å². The second kappa shape index (κ2) is 6.89. The topological polar surface area (TPSA) is 89.3 Å². The normalized spacial score (nSPS) is 11.3. The van der Waals surface area contributed by atoms with E-state index in [-0.39, 0.29) is 17.2 Å². The van der Waals surface area contributed by atoms with Crippen LogP contribution in [0.15, 0.2) is 47.4 Å². The van der Waals surface area contributed by atoms with Gasteiger partial charge in [-0.25, -0.2) is 17.9 Å². The Morgan fingerprint density at radius 1 is 1.17 bits per heavy atom. The molecule has 3 N–H and O–H groups in total. The average molecular weight is 336 g/mol. The molecule has 0 heterocycles. The fourth-order valence-corrected chi connectivity index (χ4v) is 2.56. The Hall–Kier alpha value is -2.25. The molecular formula is C16H17FN2O3S. The lowest BCUT2D eigenvalue weighted by atomic mass is 10.1. The number of hydrogen-bond acceptors (Lipinski definition) is 3. The number of nitrogens with one attached hydrogen (secondary N) is 1. The summed E-state index contributed by atoms with van der Waals surface area (Å²) in [7, 11) is -3.72. The lowest BCUT2D eigenvalue weighted by Crippen LogP contribution is -2.14. The first-order chi connectivity index (χ1) is 10.8. The van der Waals surface area contributed by atoms with Crippen molar-refractivity contribution in [2.75, 3.05) is 5.32 Å². The minimum absolute atomic E-state index is 0.0288. The zero-order valence-corrected chi connectivity index (χ0v) is 13.4. The van der Waals surface area contributed by atoms with Gasteiger partial charge in [0.1, 0.15) is 5.82 Å². The van der Waals surface area contributed by atoms with Crippen molar-refractivity contribution in [1.29, 1.82) is 0 Å². The second-order valence-corrected chi connectivity index (χ2v) is 6.76. The third-order valence-electron chi connectivity index (χ3n) is 3.37. The van der Waals surface area contributed by atoms with Crippen LogP contribution in [0.1, 0.15) is 17.5 Å². The number of nitrogens with two attached hydrogens (primary N) is 1. The van der Waals surface area contributed by atoms with Gasteiger partial charge in [0.05, 0.1) is 4.90 Å². The number of aryl methyl sites for hydroxylation is 2. The summed E-state index contributed by atoms with van der Waals surface area (Å²) in [6, 6.07) is 10.2. The molecule has 0 atom stereocenters. The molecule has 0 bridgehead atoms. The summed E-state index contributed by atoms with van der Waals surface area (Å²) in [6.45, 7) is 1.78. The zero-order valence-electron chi connectivity index (χ0n) is 12.5. The minimum atomic E-state index is -3.72. The molecule has 0 aliphatic heterocycles. The molecule has 1 amide bonds. The summed E-state index contributed by atoms with van der Waals surface area (Å²) in [5, 5.41) is 7.68. The van der Waals surface area contributed by atoms with Crippen LogP contribution in [-0.2, 0) is 21.2 Å². The van der Waals surface area contributed by atoms with Crippen LogP contribution in [0.2, 0.25) is 0 Å². The molecule has 7 heteroatoms. The molecular weight excluding hydrogens is 319 g/mol. The lowest BCUT2D eigenvalue weighted by molar-refractivity contribution is -0.116. The molecule has 0 radical (unpaired) electrons. The minimum Gasteiger partial charge on any atom is -0.326 e. The van der Waals surface area contributed by atoms with Gasteiger partial charge in [0.15, 0.2) is 0 Å². The van der Waals surface area contributed by atoms with E-state index in [9.17, 15) is 17.6 Å². The highest BCUT2D eigenvalue weighted by molar-refractivity contribution is 7.89. The first-order valence-electron chi connectivity index (χ1n) is 6.93. The molecule has 0 saturated carbocycles. The summed E-state index contributed by atoms with van der Waals surface area (Å²) in [4.78, 5) is 12.0. The van der Waals surface area contributed by atoms with Gasteiger partial charge >= 0.3 is 0 Å². The number of hydrogen-bond donors (Lipinski definition) is 2. The van der Waals surface area contributed by atoms with Gasteiger partial charge in [0, 0.05) is 12.1 Å². The first kappa shape index (κ1) is 17.1. The Morgan fingerprint density at radius 3 is 2.43 bits per heavy atom. The molecule has 2 rings (SSSR count). The standard InChI is InChI=1S/C16H17FN2O3S/c1-11-2-6-13(17)10-15(11)19-16(20)9-5-12-3-7-14(8-4-12)23(18,21)22/h2-4,6-8,10H,5,9H2,1H3,(H,19,20)(H2,18,21,22). The molecule has 0 fully saturated rings. The van der Waals surface area contributed by atoms with Crippen molar-refractivity contribution in [3.05, 3.63) is 59.4 Å². The number of benzene rings is 2.